The number of anilines is 1. The molecule has 19 heteroatoms. The number of amides is 3. The van der Waals surface area contributed by atoms with Crippen LogP contribution in [-0.4, -0.2) is 101 Å². The Morgan fingerprint density at radius 2 is 1.52 bits per heavy atom. The van der Waals surface area contributed by atoms with E-state index in [1.165, 1.54) is 18.7 Å². The number of aromatic nitrogens is 1. The molecule has 360 valence electrons. The zero-order valence-corrected chi connectivity index (χ0v) is 42.0. The maximum Gasteiger partial charge on any atom is 0.408 e. The standard InChI is InChI=1S/C48H61ClN8O8S2/c1-10-22-52-39-35(26-50)38(36(27-51)42(56-39)67-29-48(9)28-66-41(57-48)32-14-18-33(49)19-15-32)31-16-20-34(21-17-31)62-24-25-63-43(59)30(2)54-40(58)37(55-45(61)65-47(6,7)8)13-11-12-23-53-44(60)64-46(3,4)5/h14-21,30,37H,10-13,22-25,28-29H2,1-9H3,(H,52,56)(H,53,60)(H,54,58)(H,55,61)/t30-,37-,48?/m0/s1. The molecule has 4 N–H and O–H groups in total. The molecule has 0 saturated carbocycles. The zero-order chi connectivity index (χ0) is 49.4. The van der Waals surface area contributed by atoms with E-state index >= 15 is 0 Å². The van der Waals surface area contributed by atoms with E-state index in [1.54, 1.807) is 77.6 Å². The normalized spacial score (nSPS) is 15.4. The molecule has 2 heterocycles. The minimum atomic E-state index is -1.06. The highest BCUT2D eigenvalue weighted by atomic mass is 35.5. The van der Waals surface area contributed by atoms with Crippen molar-refractivity contribution in [3.8, 4) is 29.0 Å². The number of hydrogen-bond acceptors (Lipinski definition) is 15. The number of unbranched alkanes of at least 4 members (excludes halogenated alkanes) is 1. The predicted molar refractivity (Wildman–Crippen MR) is 263 cm³/mol. The van der Waals surface area contributed by atoms with Gasteiger partial charge in [-0.3, -0.25) is 9.79 Å². The largest absolute Gasteiger partial charge is 0.490 e. The third kappa shape index (κ3) is 17.5. The summed E-state index contributed by atoms with van der Waals surface area (Å²) in [5.41, 5.74) is 0.708. The summed E-state index contributed by atoms with van der Waals surface area (Å²) < 4.78 is 21.8. The first-order valence-corrected chi connectivity index (χ1v) is 24.4. The molecule has 0 aliphatic carbocycles. The molecule has 3 amide bonds. The summed E-state index contributed by atoms with van der Waals surface area (Å²) in [6.45, 7) is 16.6. The Morgan fingerprint density at radius 3 is 2.15 bits per heavy atom. The number of alkyl carbamates (subject to hydrolysis) is 2. The lowest BCUT2D eigenvalue weighted by Gasteiger charge is -2.24. The Morgan fingerprint density at radius 1 is 0.881 bits per heavy atom. The number of nitriles is 2. The van der Waals surface area contributed by atoms with Crippen LogP contribution in [0.15, 0.2) is 58.5 Å². The lowest BCUT2D eigenvalue weighted by Crippen LogP contribution is -2.52. The maximum atomic E-state index is 13.3. The first-order valence-electron chi connectivity index (χ1n) is 22.0. The number of nitrogens with one attached hydrogen (secondary N) is 4. The third-order valence-electron chi connectivity index (χ3n) is 9.48. The number of esters is 1. The molecule has 1 aliphatic rings. The smallest absolute Gasteiger partial charge is 0.408 e. The van der Waals surface area contributed by atoms with Gasteiger partial charge in [0.1, 0.15) is 70.8 Å². The number of benzene rings is 2. The number of aliphatic imine (C=N–C) groups is 1. The van der Waals surface area contributed by atoms with Crippen molar-refractivity contribution in [2.24, 2.45) is 4.99 Å². The molecule has 0 spiro atoms. The number of nitrogens with zero attached hydrogens (tertiary/aromatic N) is 4. The van der Waals surface area contributed by atoms with Gasteiger partial charge in [0, 0.05) is 40.7 Å². The van der Waals surface area contributed by atoms with Gasteiger partial charge in [0.2, 0.25) is 5.91 Å². The summed E-state index contributed by atoms with van der Waals surface area (Å²) in [6, 6.07) is 17.0. The molecule has 0 radical (unpaired) electrons. The predicted octanol–water partition coefficient (Wildman–Crippen LogP) is 9.03. The number of thioether (sulfide) groups is 2. The van der Waals surface area contributed by atoms with Crippen LogP contribution in [-0.2, 0) is 23.8 Å². The zero-order valence-electron chi connectivity index (χ0n) is 39.6. The van der Waals surface area contributed by atoms with Crippen LogP contribution in [0.2, 0.25) is 5.02 Å². The molecule has 2 aromatic carbocycles. The number of carbonyl (C=O) groups is 4. The fourth-order valence-corrected chi connectivity index (χ4v) is 8.85. The lowest BCUT2D eigenvalue weighted by molar-refractivity contribution is -0.148. The molecule has 0 fully saturated rings. The van der Waals surface area contributed by atoms with Crippen LogP contribution in [0, 0.1) is 22.7 Å². The van der Waals surface area contributed by atoms with Gasteiger partial charge in [-0.05, 0) is 111 Å². The highest BCUT2D eigenvalue weighted by Gasteiger charge is 2.33. The van der Waals surface area contributed by atoms with Gasteiger partial charge in [0.25, 0.3) is 0 Å². The fourth-order valence-electron chi connectivity index (χ4n) is 6.33. The molecular formula is C48H61ClN8O8S2. The Labute approximate surface area is 407 Å². The van der Waals surface area contributed by atoms with E-state index in [0.717, 1.165) is 22.8 Å². The van der Waals surface area contributed by atoms with E-state index in [0.29, 0.717) is 64.4 Å². The molecule has 16 nitrogen and oxygen atoms in total. The van der Waals surface area contributed by atoms with Crippen molar-refractivity contribution >= 4 is 70.0 Å². The number of halogens is 1. The van der Waals surface area contributed by atoms with Crippen molar-refractivity contribution in [1.29, 1.82) is 10.5 Å². The van der Waals surface area contributed by atoms with Crippen molar-refractivity contribution in [3.05, 3.63) is 70.2 Å². The van der Waals surface area contributed by atoms with Crippen molar-refractivity contribution in [2.75, 3.05) is 43.1 Å². The van der Waals surface area contributed by atoms with Gasteiger partial charge in [-0.25, -0.2) is 19.4 Å². The number of rotatable bonds is 21. The Hall–Kier alpha value is -5.69. The van der Waals surface area contributed by atoms with Gasteiger partial charge in [-0.2, -0.15) is 10.5 Å². The molecule has 4 rings (SSSR count). The van der Waals surface area contributed by atoms with Crippen LogP contribution in [0.25, 0.3) is 11.1 Å². The molecular weight excluding hydrogens is 916 g/mol. The number of carbonyl (C=O) groups excluding carboxylic acids is 4. The lowest BCUT2D eigenvalue weighted by atomic mass is 9.96. The second kappa shape index (κ2) is 24.9. The molecule has 0 bridgehead atoms. The molecule has 1 aliphatic heterocycles. The Bertz CT molecular complexity index is 2320. The van der Waals surface area contributed by atoms with Crippen LogP contribution in [0.1, 0.15) is 105 Å². The number of ether oxygens (including phenoxy) is 4. The van der Waals surface area contributed by atoms with Gasteiger partial charge in [0.15, 0.2) is 0 Å². The highest BCUT2D eigenvalue weighted by Crippen LogP contribution is 2.40. The topological polar surface area (TPSA) is 226 Å². The van der Waals surface area contributed by atoms with E-state index in [4.69, 9.17) is 40.5 Å². The van der Waals surface area contributed by atoms with E-state index in [2.05, 4.69) is 40.3 Å². The van der Waals surface area contributed by atoms with E-state index in [9.17, 15) is 29.7 Å². The minimum absolute atomic E-state index is 0.0147. The van der Waals surface area contributed by atoms with Gasteiger partial charge >= 0.3 is 18.2 Å². The van der Waals surface area contributed by atoms with Crippen LogP contribution in [0.4, 0.5) is 15.4 Å². The first kappa shape index (κ1) is 53.9. The number of pyridine rings is 1. The van der Waals surface area contributed by atoms with E-state index in [-0.39, 0.29) is 30.8 Å². The average molecular weight is 978 g/mol. The van der Waals surface area contributed by atoms with Crippen LogP contribution < -0.4 is 26.0 Å². The SMILES string of the molecule is CCCNc1nc(SCC2(C)CSC(c3ccc(Cl)cc3)=N2)c(C#N)c(-c2ccc(OCCOC(=O)[C@H](C)NC(=O)[C@H](CCCCNC(=O)OC(C)(C)C)NC(=O)OC(C)(C)C)cc2)c1C#N. The monoisotopic (exact) mass is 976 g/mol. The van der Waals surface area contributed by atoms with Crippen LogP contribution >= 0.6 is 35.1 Å². The van der Waals surface area contributed by atoms with E-state index < -0.39 is 52.9 Å². The Kier molecular flexibility index (Phi) is 20.0. The molecule has 67 heavy (non-hydrogen) atoms. The highest BCUT2D eigenvalue weighted by molar-refractivity contribution is 8.14. The quantitative estimate of drug-likeness (QED) is 0.0338. The van der Waals surface area contributed by atoms with Crippen molar-refractivity contribution in [1.82, 2.24) is 20.9 Å². The van der Waals surface area contributed by atoms with Gasteiger partial charge in [-0.1, -0.05) is 42.8 Å². The average Bonchev–Trinajstić information content (AvgIpc) is 3.66. The van der Waals surface area contributed by atoms with Gasteiger partial charge in [0.05, 0.1) is 16.1 Å². The summed E-state index contributed by atoms with van der Waals surface area (Å²) >= 11 is 9.20. The van der Waals surface area contributed by atoms with Crippen LogP contribution in [0.5, 0.6) is 5.75 Å². The Balaban J connectivity index is 1.37. The number of hydrogen-bond donors (Lipinski definition) is 4. The van der Waals surface area contributed by atoms with Gasteiger partial charge in [-0.15, -0.1) is 23.5 Å². The summed E-state index contributed by atoms with van der Waals surface area (Å²) in [6.07, 6.45) is 0.583. The molecule has 3 aromatic rings. The van der Waals surface area contributed by atoms with E-state index in [1.807, 2.05) is 31.2 Å². The van der Waals surface area contributed by atoms with Crippen molar-refractivity contribution < 1.29 is 38.1 Å². The summed E-state index contributed by atoms with van der Waals surface area (Å²) in [7, 11) is 0. The summed E-state index contributed by atoms with van der Waals surface area (Å²) in [5, 5.41) is 34.1. The molecule has 0 saturated heterocycles. The molecule has 3 atom stereocenters. The summed E-state index contributed by atoms with van der Waals surface area (Å²) in [4.78, 5) is 60.6. The van der Waals surface area contributed by atoms with Crippen molar-refractivity contribution in [2.45, 2.75) is 122 Å². The van der Waals surface area contributed by atoms with Crippen LogP contribution in [0.3, 0.4) is 0 Å². The third-order valence-corrected chi connectivity index (χ3v) is 12.4. The maximum absolute atomic E-state index is 13.3. The first-order chi connectivity index (χ1) is 31.6. The molecule has 1 aromatic heterocycles. The minimum Gasteiger partial charge on any atom is -0.490 e. The van der Waals surface area contributed by atoms with Crippen molar-refractivity contribution in [3.63, 3.8) is 0 Å². The van der Waals surface area contributed by atoms with Gasteiger partial charge < -0.3 is 40.2 Å². The second-order valence-corrected chi connectivity index (χ2v) is 20.3. The fraction of sp³-hybridized carbons (Fsp3) is 0.500. The molecule has 1 unspecified atom stereocenters. The summed E-state index contributed by atoms with van der Waals surface area (Å²) in [5.74, 6) is 0.804. The second-order valence-electron chi connectivity index (χ2n) is 17.9.